The first kappa shape index (κ1) is 14.6. The Hall–Kier alpha value is -7.41. The van der Waals surface area contributed by atoms with Crippen LogP contribution in [-0.4, -0.2) is 15.0 Å². The molecule has 0 N–H and O–H groups in total. The van der Waals surface area contributed by atoms with E-state index in [9.17, 15) is 16.4 Å². The predicted molar refractivity (Wildman–Crippen MR) is 234 cm³/mol. The first-order valence-corrected chi connectivity index (χ1v) is 17.4. The van der Waals surface area contributed by atoms with Crippen molar-refractivity contribution >= 4 is 75.4 Å². The van der Waals surface area contributed by atoms with Gasteiger partial charge in [-0.2, -0.15) is 0 Å². The highest BCUT2D eigenvalue weighted by Crippen LogP contribution is 2.48. The lowest BCUT2D eigenvalue weighted by atomic mass is 9.93. The van der Waals surface area contributed by atoms with Gasteiger partial charge < -0.3 is 8.83 Å². The number of rotatable bonds is 5. The molecule has 266 valence electrons. The van der Waals surface area contributed by atoms with Gasteiger partial charge in [0.25, 0.3) is 0 Å². The molecule has 6 heteroatoms. The highest BCUT2D eigenvalue weighted by molar-refractivity contribution is 7.26. The standard InChI is InChI=1S/C51H29N3O2S/c1-3-13-30(14-4-1)49-52-50(31-15-5-2-6-16-31)54-51(53-49)41-22-12-21-39-38-20-11-19-37(47(38)57-48(39)41)36-28-27-33(46-45(36)40-18-8-10-24-43(40)56-46)32-25-26-35-34-17-7-9-23-42(34)55-44(35)29-32/h1-29H/i1D,2D,3D,4D,5D,6D,7D,8D,9D,10D,11D,12D,13D,14D,15D,16D,17D,18D,19D,20D,21D,22D,23D,24D,25D,26D,27D,28D,29D. The zero-order chi connectivity index (χ0) is 62.7. The summed E-state index contributed by atoms with van der Waals surface area (Å²) in [5, 5.41) is -2.61. The monoisotopic (exact) mass is 776 g/mol. The van der Waals surface area contributed by atoms with Gasteiger partial charge in [0, 0.05) is 69.5 Å². The zero-order valence-corrected chi connectivity index (χ0v) is 28.9. The van der Waals surface area contributed by atoms with E-state index < -0.39 is 281 Å². The molecule has 57 heavy (non-hydrogen) atoms. The molecule has 0 aliphatic carbocycles. The van der Waals surface area contributed by atoms with Crippen molar-refractivity contribution in [3.05, 3.63) is 175 Å². The minimum absolute atomic E-state index is 0.318. The van der Waals surface area contributed by atoms with Crippen molar-refractivity contribution in [3.8, 4) is 56.4 Å². The Bertz CT molecular complexity index is 5100. The second-order valence-electron chi connectivity index (χ2n) is 12.1. The van der Waals surface area contributed by atoms with Crippen LogP contribution >= 0.6 is 11.3 Å². The Balaban J connectivity index is 1.25. The molecule has 0 atom stereocenters. The lowest BCUT2D eigenvalue weighted by Gasteiger charge is -2.09. The molecule has 0 aliphatic heterocycles. The molecule has 5 nitrogen and oxygen atoms in total. The summed E-state index contributed by atoms with van der Waals surface area (Å²) in [5.41, 5.74) is -6.81. The third-order valence-corrected chi connectivity index (χ3v) is 10.2. The first-order valence-electron chi connectivity index (χ1n) is 31.1. The SMILES string of the molecule is [2H]c1c([2H])c([2H])c(-c2nc(-c3c([2H])c([2H])c([2H])c([2H])c3[2H])nc(-c3c([2H])c([2H])c([2H])c4c3sc3c(-c5c([2H])c([2H])c(-c6c([2H])c([2H])c7c(oc8c([2H])c([2H])c([2H])c([2H])c87)c6[2H])c6oc7c([2H])c([2H])c([2H])c([2H])c7c56)c([2H])c([2H])c([2H])c34)n2)c([2H])c1[2H]. The van der Waals surface area contributed by atoms with E-state index in [1.54, 1.807) is 0 Å². The fraction of sp³-hybridized carbons (Fsp3) is 0. The van der Waals surface area contributed by atoms with Gasteiger partial charge in [0.2, 0.25) is 0 Å². The van der Waals surface area contributed by atoms with Gasteiger partial charge >= 0.3 is 0 Å². The van der Waals surface area contributed by atoms with Crippen molar-refractivity contribution in [2.75, 3.05) is 0 Å². The third kappa shape index (κ3) is 5.04. The summed E-state index contributed by atoms with van der Waals surface area (Å²) in [6, 6.07) is -24.4. The molecule has 0 radical (unpaired) electrons. The van der Waals surface area contributed by atoms with Crippen molar-refractivity contribution in [3.63, 3.8) is 0 Å². The lowest BCUT2D eigenvalue weighted by molar-refractivity contribution is 0.668. The molecule has 0 saturated heterocycles. The number of hydrogen-bond acceptors (Lipinski definition) is 6. The lowest BCUT2D eigenvalue weighted by Crippen LogP contribution is -2.00. The molecule has 0 amide bonds. The summed E-state index contributed by atoms with van der Waals surface area (Å²) in [4.78, 5) is 13.1. The largest absolute Gasteiger partial charge is 0.456 e. The molecule has 0 aliphatic rings. The summed E-state index contributed by atoms with van der Waals surface area (Å²) in [5.74, 6) is -2.29. The van der Waals surface area contributed by atoms with Crippen molar-refractivity contribution in [1.82, 2.24) is 15.0 Å². The number of aromatic nitrogens is 3. The van der Waals surface area contributed by atoms with Crippen molar-refractivity contribution in [2.45, 2.75) is 0 Å². The minimum Gasteiger partial charge on any atom is -0.456 e. The third-order valence-electron chi connectivity index (χ3n) is 8.93. The minimum atomic E-state index is -0.965. The van der Waals surface area contributed by atoms with E-state index in [0.29, 0.717) is 11.3 Å². The Morgan fingerprint density at radius 3 is 1.63 bits per heavy atom. The van der Waals surface area contributed by atoms with E-state index in [-0.39, 0.29) is 14.8 Å². The van der Waals surface area contributed by atoms with E-state index in [1.165, 1.54) is 0 Å². The molecular formula is C51H29N3O2S. The molecule has 0 spiro atoms. The summed E-state index contributed by atoms with van der Waals surface area (Å²) in [6.07, 6.45) is 0. The van der Waals surface area contributed by atoms with Crippen molar-refractivity contribution < 1.29 is 48.6 Å². The fourth-order valence-electron chi connectivity index (χ4n) is 6.48. The van der Waals surface area contributed by atoms with E-state index >= 15 is 0 Å². The van der Waals surface area contributed by atoms with Crippen LogP contribution in [0.5, 0.6) is 0 Å². The number of benzene rings is 8. The van der Waals surface area contributed by atoms with Gasteiger partial charge in [-0.05, 0) is 47.4 Å². The van der Waals surface area contributed by atoms with Gasteiger partial charge in [-0.25, -0.2) is 15.0 Å². The normalized spacial score (nSPS) is 19.0. The summed E-state index contributed by atoms with van der Waals surface area (Å²) < 4.78 is 270. The number of hydrogen-bond donors (Lipinski definition) is 0. The van der Waals surface area contributed by atoms with Crippen LogP contribution in [0.1, 0.15) is 39.8 Å². The average molecular weight is 777 g/mol. The predicted octanol–water partition coefficient (Wildman–Crippen LogP) is 14.4. The van der Waals surface area contributed by atoms with Gasteiger partial charge in [-0.3, -0.25) is 0 Å². The number of para-hydroxylation sites is 2. The molecule has 4 aromatic heterocycles. The van der Waals surface area contributed by atoms with Crippen molar-refractivity contribution in [1.29, 1.82) is 0 Å². The Kier molecular flexibility index (Phi) is 3.22. The van der Waals surface area contributed by atoms with Crippen LogP contribution in [0.25, 0.3) is 120 Å². The Morgan fingerprint density at radius 1 is 0.368 bits per heavy atom. The van der Waals surface area contributed by atoms with Crippen LogP contribution in [0.3, 0.4) is 0 Å². The molecule has 12 aromatic rings. The molecular weight excluding hydrogens is 719 g/mol. The van der Waals surface area contributed by atoms with Gasteiger partial charge in [-0.1, -0.05) is 139 Å². The van der Waals surface area contributed by atoms with Crippen LogP contribution in [0.4, 0.5) is 0 Å². The molecule has 12 rings (SSSR count). The van der Waals surface area contributed by atoms with Gasteiger partial charge in [0.1, 0.15) is 22.3 Å². The number of thiophene rings is 1. The maximum absolute atomic E-state index is 9.92. The summed E-state index contributed by atoms with van der Waals surface area (Å²) in [6.45, 7) is 0. The Labute approximate surface area is 370 Å². The maximum Gasteiger partial charge on any atom is 0.165 e. The molecule has 8 aromatic carbocycles. The van der Waals surface area contributed by atoms with Crippen molar-refractivity contribution in [2.24, 2.45) is 0 Å². The van der Waals surface area contributed by atoms with E-state index in [0.717, 1.165) is 0 Å². The highest BCUT2D eigenvalue weighted by Gasteiger charge is 2.22. The van der Waals surface area contributed by atoms with Gasteiger partial charge in [0.15, 0.2) is 17.5 Å². The van der Waals surface area contributed by atoms with Gasteiger partial charge in [0.05, 0.1) is 39.8 Å². The topological polar surface area (TPSA) is 65.0 Å². The molecule has 0 bridgehead atoms. The van der Waals surface area contributed by atoms with E-state index in [2.05, 4.69) is 15.0 Å². The maximum atomic E-state index is 9.92. The second-order valence-corrected chi connectivity index (χ2v) is 13.1. The number of furan rings is 2. The zero-order valence-electron chi connectivity index (χ0n) is 57.1. The summed E-state index contributed by atoms with van der Waals surface area (Å²) in [7, 11) is 0. The number of fused-ring (bicyclic) bond motifs is 9. The van der Waals surface area contributed by atoms with Crippen LogP contribution in [0.2, 0.25) is 0 Å². The highest BCUT2D eigenvalue weighted by atomic mass is 32.1. The molecule has 0 fully saturated rings. The average Bonchev–Trinajstić information content (AvgIpc) is 1.50. The number of nitrogens with zero attached hydrogens (tertiary/aromatic N) is 3. The van der Waals surface area contributed by atoms with E-state index in [1.807, 2.05) is 0 Å². The van der Waals surface area contributed by atoms with Gasteiger partial charge in [-0.15, -0.1) is 11.3 Å². The van der Waals surface area contributed by atoms with Crippen LogP contribution < -0.4 is 0 Å². The fourth-order valence-corrected chi connectivity index (χ4v) is 7.70. The van der Waals surface area contributed by atoms with Crippen LogP contribution in [-0.2, 0) is 0 Å². The molecule has 0 saturated carbocycles. The second kappa shape index (κ2) is 12.6. The Morgan fingerprint density at radius 2 is 0.912 bits per heavy atom. The van der Waals surface area contributed by atoms with Crippen LogP contribution in [0.15, 0.2) is 184 Å². The first-order chi connectivity index (χ1) is 40.3. The van der Waals surface area contributed by atoms with E-state index in [4.69, 9.17) is 32.1 Å². The molecule has 0 unspecified atom stereocenters. The summed E-state index contributed by atoms with van der Waals surface area (Å²) >= 11 is 0.522. The smallest absolute Gasteiger partial charge is 0.165 e. The van der Waals surface area contributed by atoms with Crippen LogP contribution in [0, 0.1) is 0 Å². The molecule has 4 heterocycles. The quantitative estimate of drug-likeness (QED) is 0.174.